The maximum absolute atomic E-state index is 14.3. The lowest BCUT2D eigenvalue weighted by Gasteiger charge is -2.36. The zero-order valence-corrected chi connectivity index (χ0v) is 15.2. The van der Waals surface area contributed by atoms with E-state index in [0.717, 1.165) is 19.3 Å². The average Bonchev–Trinajstić information content (AvgIpc) is 2.53. The molecule has 0 radical (unpaired) electrons. The number of hydrogen-bond acceptors (Lipinski definition) is 2. The quantitative estimate of drug-likeness (QED) is 0.843. The number of halogens is 2. The van der Waals surface area contributed by atoms with Crippen molar-refractivity contribution in [3.05, 3.63) is 28.5 Å². The van der Waals surface area contributed by atoms with Gasteiger partial charge in [0.15, 0.2) is 0 Å². The number of carbonyl (C=O) groups is 1. The maximum Gasteiger partial charge on any atom is 0.324 e. The monoisotopic (exact) mass is 386 g/mol. The van der Waals surface area contributed by atoms with E-state index in [1.54, 1.807) is 24.1 Å². The molecule has 0 bridgehead atoms. The van der Waals surface area contributed by atoms with Crippen LogP contribution in [0.25, 0.3) is 0 Å². The van der Waals surface area contributed by atoms with Crippen LogP contribution in [-0.4, -0.2) is 41.8 Å². The van der Waals surface area contributed by atoms with Crippen LogP contribution in [0.4, 0.5) is 14.9 Å². The van der Waals surface area contributed by atoms with Crippen LogP contribution in [0, 0.1) is 5.82 Å². The van der Waals surface area contributed by atoms with Gasteiger partial charge in [0.2, 0.25) is 0 Å². The van der Waals surface area contributed by atoms with Crippen LogP contribution in [-0.2, 0) is 0 Å². The number of hydrogen-bond donors (Lipinski definition) is 1. The minimum Gasteiger partial charge on any atom is -0.393 e. The molecular formula is C17H24BrFN2O2. The Labute approximate surface area is 145 Å². The Kier molecular flexibility index (Phi) is 6.41. The van der Waals surface area contributed by atoms with E-state index >= 15 is 0 Å². The normalized spacial score (nSPS) is 21.1. The number of carbonyl (C=O) groups excluding carboxylic acids is 1. The molecule has 23 heavy (non-hydrogen) atoms. The van der Waals surface area contributed by atoms with Gasteiger partial charge >= 0.3 is 6.03 Å². The van der Waals surface area contributed by atoms with Crippen LogP contribution in [0.1, 0.15) is 39.0 Å². The lowest BCUT2D eigenvalue weighted by atomic mass is 9.92. The van der Waals surface area contributed by atoms with E-state index in [-0.39, 0.29) is 18.2 Å². The highest BCUT2D eigenvalue weighted by Crippen LogP contribution is 2.27. The second kappa shape index (κ2) is 8.11. The molecule has 1 aromatic rings. The van der Waals surface area contributed by atoms with Gasteiger partial charge in [-0.05, 0) is 50.3 Å². The van der Waals surface area contributed by atoms with Gasteiger partial charge in [-0.3, -0.25) is 4.90 Å². The fraction of sp³-hybridized carbons (Fsp3) is 0.588. The Morgan fingerprint density at radius 1 is 1.35 bits per heavy atom. The van der Waals surface area contributed by atoms with Gasteiger partial charge in [0, 0.05) is 24.1 Å². The van der Waals surface area contributed by atoms with E-state index in [1.165, 1.54) is 11.0 Å². The molecule has 0 aliphatic heterocycles. The number of aliphatic hydroxyl groups is 1. The Morgan fingerprint density at radius 3 is 2.57 bits per heavy atom. The molecular weight excluding hydrogens is 363 g/mol. The van der Waals surface area contributed by atoms with E-state index in [9.17, 15) is 14.3 Å². The van der Waals surface area contributed by atoms with Crippen molar-refractivity contribution in [2.45, 2.75) is 51.2 Å². The molecule has 1 aliphatic carbocycles. The highest BCUT2D eigenvalue weighted by molar-refractivity contribution is 9.10. The second-order valence-electron chi connectivity index (χ2n) is 6.10. The number of benzene rings is 1. The topological polar surface area (TPSA) is 43.8 Å². The first-order chi connectivity index (χ1) is 10.9. The second-order valence-corrected chi connectivity index (χ2v) is 7.02. The fourth-order valence-corrected chi connectivity index (χ4v) is 3.37. The van der Waals surface area contributed by atoms with Crippen molar-refractivity contribution in [3.8, 4) is 0 Å². The van der Waals surface area contributed by atoms with Gasteiger partial charge in [-0.25, -0.2) is 9.18 Å². The number of aliphatic hydroxyl groups excluding tert-OH is 1. The zero-order valence-electron chi connectivity index (χ0n) is 13.6. The highest BCUT2D eigenvalue weighted by atomic mass is 79.9. The Balaban J connectivity index is 2.17. The fourth-order valence-electron chi connectivity index (χ4n) is 3.04. The summed E-state index contributed by atoms with van der Waals surface area (Å²) in [5.74, 6) is -0.409. The molecule has 1 aliphatic rings. The van der Waals surface area contributed by atoms with Gasteiger partial charge in [0.05, 0.1) is 11.8 Å². The maximum atomic E-state index is 14.3. The summed E-state index contributed by atoms with van der Waals surface area (Å²) >= 11 is 3.24. The smallest absolute Gasteiger partial charge is 0.324 e. The van der Waals surface area contributed by atoms with Gasteiger partial charge < -0.3 is 10.0 Å². The molecule has 0 aromatic heterocycles. The minimum atomic E-state index is -0.409. The third-order valence-corrected chi connectivity index (χ3v) is 4.89. The van der Waals surface area contributed by atoms with Crippen LogP contribution in [0.15, 0.2) is 22.7 Å². The largest absolute Gasteiger partial charge is 0.393 e. The third-order valence-electron chi connectivity index (χ3n) is 4.39. The summed E-state index contributed by atoms with van der Waals surface area (Å²) in [6.07, 6.45) is 3.48. The molecule has 4 nitrogen and oxygen atoms in total. The molecule has 1 saturated carbocycles. The first-order valence-corrected chi connectivity index (χ1v) is 8.90. The molecule has 6 heteroatoms. The SMILES string of the molecule is CCCN(C(=O)N(C)C1CCC(O)CC1)c1ccc(Br)cc1F. The average molecular weight is 387 g/mol. The van der Waals surface area contributed by atoms with E-state index in [0.29, 0.717) is 29.5 Å². The van der Waals surface area contributed by atoms with E-state index in [1.807, 2.05) is 6.92 Å². The van der Waals surface area contributed by atoms with Gasteiger partial charge in [-0.15, -0.1) is 0 Å². The van der Waals surface area contributed by atoms with E-state index in [4.69, 9.17) is 0 Å². The summed E-state index contributed by atoms with van der Waals surface area (Å²) in [4.78, 5) is 16.1. The van der Waals surface area contributed by atoms with Crippen molar-refractivity contribution in [2.24, 2.45) is 0 Å². The third kappa shape index (κ3) is 4.44. The molecule has 0 heterocycles. The molecule has 0 atom stereocenters. The predicted molar refractivity (Wildman–Crippen MR) is 93.2 cm³/mol. The van der Waals surface area contributed by atoms with Crippen LogP contribution in [0.3, 0.4) is 0 Å². The van der Waals surface area contributed by atoms with Crippen LogP contribution in [0.2, 0.25) is 0 Å². The summed E-state index contributed by atoms with van der Waals surface area (Å²) in [6.45, 7) is 2.44. The number of amides is 2. The summed E-state index contributed by atoms with van der Waals surface area (Å²) in [5.41, 5.74) is 0.308. The van der Waals surface area contributed by atoms with Crippen LogP contribution < -0.4 is 4.90 Å². The van der Waals surface area contributed by atoms with Crippen molar-refractivity contribution in [1.82, 2.24) is 4.90 Å². The molecule has 0 saturated heterocycles. The number of urea groups is 1. The lowest BCUT2D eigenvalue weighted by molar-refractivity contribution is 0.0930. The molecule has 1 fully saturated rings. The number of nitrogens with zero attached hydrogens (tertiary/aromatic N) is 2. The Morgan fingerprint density at radius 2 is 2.00 bits per heavy atom. The van der Waals surface area contributed by atoms with Crippen LogP contribution >= 0.6 is 15.9 Å². The summed E-state index contributed by atoms with van der Waals surface area (Å²) in [6, 6.07) is 4.66. The summed E-state index contributed by atoms with van der Waals surface area (Å²) in [7, 11) is 1.77. The predicted octanol–water partition coefficient (Wildman–Crippen LogP) is 4.16. The van der Waals surface area contributed by atoms with Crippen molar-refractivity contribution in [1.29, 1.82) is 0 Å². The van der Waals surface area contributed by atoms with Crippen molar-refractivity contribution in [2.75, 3.05) is 18.5 Å². The minimum absolute atomic E-state index is 0.101. The van der Waals surface area contributed by atoms with Crippen molar-refractivity contribution < 1.29 is 14.3 Å². The van der Waals surface area contributed by atoms with Crippen LogP contribution in [0.5, 0.6) is 0 Å². The molecule has 1 aromatic carbocycles. The highest BCUT2D eigenvalue weighted by Gasteiger charge is 2.29. The first kappa shape index (κ1) is 18.2. The van der Waals surface area contributed by atoms with E-state index in [2.05, 4.69) is 15.9 Å². The molecule has 0 unspecified atom stereocenters. The van der Waals surface area contributed by atoms with Gasteiger partial charge in [0.1, 0.15) is 5.82 Å². The molecule has 2 rings (SSSR count). The standard InChI is InChI=1S/C17H24BrFN2O2/c1-3-10-21(16-9-4-12(18)11-15(16)19)17(23)20(2)13-5-7-14(22)8-6-13/h4,9,11,13-14,22H,3,5-8,10H2,1-2H3. The molecule has 128 valence electrons. The summed E-state index contributed by atoms with van der Waals surface area (Å²) in [5, 5.41) is 9.61. The zero-order chi connectivity index (χ0) is 17.0. The first-order valence-electron chi connectivity index (χ1n) is 8.11. The molecule has 0 spiro atoms. The van der Waals surface area contributed by atoms with Gasteiger partial charge in [-0.2, -0.15) is 0 Å². The van der Waals surface area contributed by atoms with E-state index < -0.39 is 5.82 Å². The number of anilines is 1. The molecule has 2 amide bonds. The van der Waals surface area contributed by atoms with Crippen molar-refractivity contribution >= 4 is 27.6 Å². The Bertz CT molecular complexity index is 547. The van der Waals surface area contributed by atoms with Crippen molar-refractivity contribution in [3.63, 3.8) is 0 Å². The lowest BCUT2D eigenvalue weighted by Crippen LogP contribution is -2.48. The Hall–Kier alpha value is -1.14. The van der Waals surface area contributed by atoms with Gasteiger partial charge in [0.25, 0.3) is 0 Å². The van der Waals surface area contributed by atoms with Gasteiger partial charge in [-0.1, -0.05) is 22.9 Å². The number of rotatable bonds is 4. The summed E-state index contributed by atoms with van der Waals surface area (Å²) < 4.78 is 14.9. The molecule has 1 N–H and O–H groups in total.